The molecular formula is C15H29NO4. The Morgan fingerprint density at radius 3 is 2.10 bits per heavy atom. The molecule has 0 radical (unpaired) electrons. The molecule has 0 aromatic carbocycles. The van der Waals surface area contributed by atoms with E-state index < -0.39 is 16.6 Å². The van der Waals surface area contributed by atoms with E-state index in [0.29, 0.717) is 6.42 Å². The Labute approximate surface area is 121 Å². The molecule has 1 rings (SSSR count). The van der Waals surface area contributed by atoms with Crippen LogP contribution in [0.1, 0.15) is 48.0 Å². The first kappa shape index (κ1) is 17.4. The molecule has 1 fully saturated rings. The SMILES string of the molecule is CC(C)(O)CC(COC(=O)C(C)(C)C1CN1)C(C)(C)O. The summed E-state index contributed by atoms with van der Waals surface area (Å²) in [6, 6.07) is 0.171. The average molecular weight is 287 g/mol. The third-order valence-electron chi connectivity index (χ3n) is 3.97. The van der Waals surface area contributed by atoms with Crippen LogP contribution in [-0.2, 0) is 9.53 Å². The molecule has 5 nitrogen and oxygen atoms in total. The highest BCUT2D eigenvalue weighted by Crippen LogP contribution is 2.30. The van der Waals surface area contributed by atoms with Gasteiger partial charge in [-0.2, -0.15) is 0 Å². The molecule has 0 aromatic heterocycles. The summed E-state index contributed by atoms with van der Waals surface area (Å²) in [4.78, 5) is 12.1. The molecule has 2 unspecified atom stereocenters. The minimum absolute atomic E-state index is 0.114. The van der Waals surface area contributed by atoms with Gasteiger partial charge in [0.2, 0.25) is 0 Å². The Balaban J connectivity index is 2.60. The molecule has 3 N–H and O–H groups in total. The lowest BCUT2D eigenvalue weighted by Gasteiger charge is -2.34. The third-order valence-corrected chi connectivity index (χ3v) is 3.97. The fourth-order valence-electron chi connectivity index (χ4n) is 2.19. The molecule has 1 aliphatic rings. The van der Waals surface area contributed by atoms with Crippen LogP contribution in [0.3, 0.4) is 0 Å². The zero-order valence-corrected chi connectivity index (χ0v) is 13.5. The number of hydrogen-bond acceptors (Lipinski definition) is 5. The second-order valence-corrected chi connectivity index (χ2v) is 7.65. The summed E-state index contributed by atoms with van der Waals surface area (Å²) in [5, 5.41) is 23.2. The van der Waals surface area contributed by atoms with Crippen LogP contribution in [-0.4, -0.2) is 46.6 Å². The zero-order valence-electron chi connectivity index (χ0n) is 13.5. The van der Waals surface area contributed by atoms with Crippen molar-refractivity contribution in [2.75, 3.05) is 13.2 Å². The van der Waals surface area contributed by atoms with Crippen molar-refractivity contribution in [1.82, 2.24) is 5.32 Å². The molecule has 5 heteroatoms. The van der Waals surface area contributed by atoms with Gasteiger partial charge >= 0.3 is 5.97 Å². The Morgan fingerprint density at radius 1 is 1.25 bits per heavy atom. The molecular weight excluding hydrogens is 258 g/mol. The predicted molar refractivity (Wildman–Crippen MR) is 77.2 cm³/mol. The van der Waals surface area contributed by atoms with Crippen LogP contribution in [0, 0.1) is 11.3 Å². The van der Waals surface area contributed by atoms with Crippen molar-refractivity contribution in [2.45, 2.75) is 65.2 Å². The molecule has 1 saturated heterocycles. The third kappa shape index (κ3) is 5.04. The minimum Gasteiger partial charge on any atom is -0.465 e. The summed E-state index contributed by atoms with van der Waals surface area (Å²) in [6.45, 7) is 11.4. The van der Waals surface area contributed by atoms with E-state index >= 15 is 0 Å². The molecule has 0 spiro atoms. The molecule has 0 saturated carbocycles. The van der Waals surface area contributed by atoms with E-state index in [0.717, 1.165) is 6.54 Å². The van der Waals surface area contributed by atoms with E-state index in [4.69, 9.17) is 4.74 Å². The number of carbonyl (C=O) groups is 1. The number of carbonyl (C=O) groups excluding carboxylic acids is 1. The number of hydrogen-bond donors (Lipinski definition) is 3. The van der Waals surface area contributed by atoms with Crippen LogP contribution in [0.2, 0.25) is 0 Å². The maximum atomic E-state index is 12.1. The van der Waals surface area contributed by atoms with Gasteiger partial charge in [0.25, 0.3) is 0 Å². The lowest BCUT2D eigenvalue weighted by molar-refractivity contribution is -0.159. The van der Waals surface area contributed by atoms with Gasteiger partial charge in [0.15, 0.2) is 0 Å². The van der Waals surface area contributed by atoms with Gasteiger partial charge in [-0.1, -0.05) is 0 Å². The van der Waals surface area contributed by atoms with Crippen LogP contribution >= 0.6 is 0 Å². The van der Waals surface area contributed by atoms with E-state index in [-0.39, 0.29) is 24.5 Å². The maximum Gasteiger partial charge on any atom is 0.313 e. The summed E-state index contributed by atoms with van der Waals surface area (Å²) in [7, 11) is 0. The second kappa shape index (κ2) is 5.62. The van der Waals surface area contributed by atoms with Gasteiger partial charge in [0.05, 0.1) is 23.2 Å². The summed E-state index contributed by atoms with van der Waals surface area (Å²) < 4.78 is 5.39. The minimum atomic E-state index is -1.01. The van der Waals surface area contributed by atoms with Crippen molar-refractivity contribution in [3.8, 4) is 0 Å². The first-order chi connectivity index (χ1) is 8.84. The highest BCUT2D eigenvalue weighted by molar-refractivity contribution is 5.77. The molecule has 0 aromatic rings. The van der Waals surface area contributed by atoms with Gasteiger partial charge < -0.3 is 20.3 Å². The highest BCUT2D eigenvalue weighted by atomic mass is 16.5. The molecule has 1 aliphatic heterocycles. The predicted octanol–water partition coefficient (Wildman–Crippen LogP) is 1.08. The molecule has 20 heavy (non-hydrogen) atoms. The average Bonchev–Trinajstić information content (AvgIpc) is 3.03. The Bertz CT molecular complexity index is 348. The van der Waals surface area contributed by atoms with Crippen LogP contribution < -0.4 is 5.32 Å². The number of rotatable bonds is 7. The highest BCUT2D eigenvalue weighted by Gasteiger charge is 2.45. The van der Waals surface area contributed by atoms with Crippen LogP contribution in [0.25, 0.3) is 0 Å². The number of esters is 1. The fraction of sp³-hybridized carbons (Fsp3) is 0.933. The van der Waals surface area contributed by atoms with Crippen molar-refractivity contribution in [3.05, 3.63) is 0 Å². The molecule has 1 heterocycles. The summed E-state index contributed by atoms with van der Waals surface area (Å²) in [6.07, 6.45) is 0.367. The normalized spacial score (nSPS) is 21.5. The maximum absolute atomic E-state index is 12.1. The fourth-order valence-corrected chi connectivity index (χ4v) is 2.19. The molecule has 2 atom stereocenters. The van der Waals surface area contributed by atoms with Crippen molar-refractivity contribution in [1.29, 1.82) is 0 Å². The van der Waals surface area contributed by atoms with Crippen molar-refractivity contribution in [3.63, 3.8) is 0 Å². The van der Waals surface area contributed by atoms with Crippen LogP contribution in [0.5, 0.6) is 0 Å². The monoisotopic (exact) mass is 287 g/mol. The van der Waals surface area contributed by atoms with Gasteiger partial charge in [-0.05, 0) is 48.0 Å². The van der Waals surface area contributed by atoms with Gasteiger partial charge in [-0.3, -0.25) is 4.79 Å². The van der Waals surface area contributed by atoms with Gasteiger partial charge in [-0.25, -0.2) is 0 Å². The van der Waals surface area contributed by atoms with Gasteiger partial charge in [0.1, 0.15) is 0 Å². The van der Waals surface area contributed by atoms with Crippen molar-refractivity contribution in [2.24, 2.45) is 11.3 Å². The Morgan fingerprint density at radius 2 is 1.75 bits per heavy atom. The Kier molecular flexibility index (Phi) is 4.89. The van der Waals surface area contributed by atoms with E-state index in [1.807, 2.05) is 13.8 Å². The van der Waals surface area contributed by atoms with Crippen molar-refractivity contribution >= 4 is 5.97 Å². The Hall–Kier alpha value is -0.650. The standard InChI is InChI=1S/C15H29NO4/c1-13(2,18)7-10(15(5,6)19)9-20-12(17)14(3,4)11-8-16-11/h10-11,16,18-19H,7-9H2,1-6H3. The first-order valence-electron chi connectivity index (χ1n) is 7.19. The lowest BCUT2D eigenvalue weighted by Crippen LogP contribution is -2.41. The number of ether oxygens (including phenoxy) is 1. The van der Waals surface area contributed by atoms with Crippen LogP contribution in [0.4, 0.5) is 0 Å². The summed E-state index contributed by atoms with van der Waals surface area (Å²) in [5.41, 5.74) is -2.48. The largest absolute Gasteiger partial charge is 0.465 e. The zero-order chi connectivity index (χ0) is 15.8. The molecule has 0 bridgehead atoms. The second-order valence-electron chi connectivity index (χ2n) is 7.65. The smallest absolute Gasteiger partial charge is 0.313 e. The molecule has 0 aliphatic carbocycles. The van der Waals surface area contributed by atoms with E-state index in [9.17, 15) is 15.0 Å². The quantitative estimate of drug-likeness (QED) is 0.481. The van der Waals surface area contributed by atoms with Crippen LogP contribution in [0.15, 0.2) is 0 Å². The summed E-state index contributed by atoms with van der Waals surface area (Å²) >= 11 is 0. The topological polar surface area (TPSA) is 88.7 Å². The van der Waals surface area contributed by atoms with E-state index in [1.54, 1.807) is 27.7 Å². The summed E-state index contributed by atoms with van der Waals surface area (Å²) in [5.74, 6) is -0.577. The van der Waals surface area contributed by atoms with Gasteiger partial charge in [0, 0.05) is 18.5 Å². The van der Waals surface area contributed by atoms with Gasteiger partial charge in [-0.15, -0.1) is 0 Å². The van der Waals surface area contributed by atoms with E-state index in [2.05, 4.69) is 5.32 Å². The van der Waals surface area contributed by atoms with Crippen molar-refractivity contribution < 1.29 is 19.7 Å². The number of aliphatic hydroxyl groups is 2. The number of nitrogens with one attached hydrogen (secondary N) is 1. The van der Waals surface area contributed by atoms with E-state index in [1.165, 1.54) is 0 Å². The molecule has 0 amide bonds. The lowest BCUT2D eigenvalue weighted by atomic mass is 9.83. The molecule has 118 valence electrons. The first-order valence-corrected chi connectivity index (χ1v) is 7.19.